The molecule has 0 saturated heterocycles. The Morgan fingerprint density at radius 2 is 2.00 bits per heavy atom. The van der Waals surface area contributed by atoms with Crippen LogP contribution >= 0.6 is 0 Å². The smallest absolute Gasteiger partial charge is 0.129 e. The van der Waals surface area contributed by atoms with E-state index in [4.69, 9.17) is 4.74 Å². The Hall–Kier alpha value is -1.67. The first kappa shape index (κ1) is 15.7. The molecule has 3 nitrogen and oxygen atoms in total. The summed E-state index contributed by atoms with van der Waals surface area (Å²) in [5.41, 5.74) is -0.516. The molecule has 114 valence electrons. The van der Waals surface area contributed by atoms with Gasteiger partial charge in [-0.1, -0.05) is 6.92 Å². The molecule has 5 heteroatoms. The van der Waals surface area contributed by atoms with Crippen molar-refractivity contribution >= 4 is 0 Å². The van der Waals surface area contributed by atoms with Crippen molar-refractivity contribution in [3.05, 3.63) is 29.8 Å². The molecule has 1 saturated carbocycles. The molecule has 1 aliphatic rings. The van der Waals surface area contributed by atoms with Crippen molar-refractivity contribution in [3.8, 4) is 11.8 Å². The number of hydrogen-bond donors (Lipinski definition) is 1. The van der Waals surface area contributed by atoms with Gasteiger partial charge in [-0.15, -0.1) is 0 Å². The molecule has 0 bridgehead atoms. The molecule has 1 aliphatic carbocycles. The number of halogens is 2. The van der Waals surface area contributed by atoms with Crippen LogP contribution in [0, 0.1) is 23.0 Å². The second-order valence-corrected chi connectivity index (χ2v) is 5.52. The number of nitrogens with one attached hydrogen (secondary N) is 1. The molecule has 0 heterocycles. The van der Waals surface area contributed by atoms with Crippen LogP contribution in [0.2, 0.25) is 0 Å². The maximum atomic E-state index is 13.0. The molecule has 0 spiro atoms. The highest BCUT2D eigenvalue weighted by molar-refractivity contribution is 5.23. The number of benzene rings is 1. The third kappa shape index (κ3) is 4.68. The zero-order valence-electron chi connectivity index (χ0n) is 12.2. The third-order valence-corrected chi connectivity index (χ3v) is 3.73. The maximum absolute atomic E-state index is 13.0. The van der Waals surface area contributed by atoms with E-state index in [-0.39, 0.29) is 5.75 Å². The average Bonchev–Trinajstić information content (AvgIpc) is 3.25. The van der Waals surface area contributed by atoms with E-state index in [9.17, 15) is 14.0 Å². The Kier molecular flexibility index (Phi) is 5.13. The summed E-state index contributed by atoms with van der Waals surface area (Å²) in [6.07, 6.45) is 4.30. The fourth-order valence-electron chi connectivity index (χ4n) is 2.31. The van der Waals surface area contributed by atoms with Crippen LogP contribution in [0.4, 0.5) is 8.78 Å². The zero-order valence-corrected chi connectivity index (χ0v) is 12.2. The minimum absolute atomic E-state index is 0.182. The molecule has 2 rings (SSSR count). The van der Waals surface area contributed by atoms with Crippen molar-refractivity contribution < 1.29 is 13.5 Å². The van der Waals surface area contributed by atoms with E-state index in [1.54, 1.807) is 0 Å². The lowest BCUT2D eigenvalue weighted by Gasteiger charge is -2.26. The lowest BCUT2D eigenvalue weighted by atomic mass is 9.92. The quantitative estimate of drug-likeness (QED) is 0.746. The minimum atomic E-state index is -0.652. The molecule has 0 radical (unpaired) electrons. The van der Waals surface area contributed by atoms with Gasteiger partial charge in [0.15, 0.2) is 0 Å². The van der Waals surface area contributed by atoms with Crippen molar-refractivity contribution in [1.82, 2.24) is 5.32 Å². The standard InChI is InChI=1S/C16H20F2N2O/c1-2-16(11-19,20-14-4-5-14)6-3-7-21-15-9-12(17)8-13(18)10-15/h8-10,14,20H,2-7H2,1H3. The van der Waals surface area contributed by atoms with Gasteiger partial charge in [-0.05, 0) is 32.1 Å². The van der Waals surface area contributed by atoms with Crippen LogP contribution in [0.5, 0.6) is 5.75 Å². The van der Waals surface area contributed by atoms with Gasteiger partial charge in [-0.3, -0.25) is 5.32 Å². The molecule has 1 aromatic carbocycles. The van der Waals surface area contributed by atoms with Gasteiger partial charge < -0.3 is 4.74 Å². The van der Waals surface area contributed by atoms with Crippen LogP contribution < -0.4 is 10.1 Å². The van der Waals surface area contributed by atoms with Gasteiger partial charge in [0.25, 0.3) is 0 Å². The second-order valence-electron chi connectivity index (χ2n) is 5.52. The molecule has 0 aliphatic heterocycles. The van der Waals surface area contributed by atoms with E-state index in [1.165, 1.54) is 0 Å². The van der Waals surface area contributed by atoms with E-state index >= 15 is 0 Å². The van der Waals surface area contributed by atoms with Crippen LogP contribution in [0.25, 0.3) is 0 Å². The summed E-state index contributed by atoms with van der Waals surface area (Å²) < 4.78 is 31.4. The van der Waals surface area contributed by atoms with Gasteiger partial charge in [0.1, 0.15) is 22.9 Å². The van der Waals surface area contributed by atoms with E-state index in [2.05, 4.69) is 11.4 Å². The Labute approximate surface area is 123 Å². The van der Waals surface area contributed by atoms with Crippen molar-refractivity contribution in [2.45, 2.75) is 50.6 Å². The largest absolute Gasteiger partial charge is 0.493 e. The highest BCUT2D eigenvalue weighted by Crippen LogP contribution is 2.26. The summed E-state index contributed by atoms with van der Waals surface area (Å²) >= 11 is 0. The Bertz CT molecular complexity index is 505. The summed E-state index contributed by atoms with van der Waals surface area (Å²) in [6, 6.07) is 5.95. The SMILES string of the molecule is CCC(C#N)(CCCOc1cc(F)cc(F)c1)NC1CC1. The Morgan fingerprint density at radius 3 is 2.52 bits per heavy atom. The van der Waals surface area contributed by atoms with Crippen molar-refractivity contribution in [2.24, 2.45) is 0 Å². The van der Waals surface area contributed by atoms with Crippen LogP contribution in [0.15, 0.2) is 18.2 Å². The molecule has 1 aromatic rings. The van der Waals surface area contributed by atoms with E-state index in [0.717, 1.165) is 37.5 Å². The van der Waals surface area contributed by atoms with Gasteiger partial charge in [0, 0.05) is 24.2 Å². The zero-order chi connectivity index (χ0) is 15.3. The molecule has 1 unspecified atom stereocenters. The summed E-state index contributed by atoms with van der Waals surface area (Å²) in [5.74, 6) is -1.12. The van der Waals surface area contributed by atoms with Gasteiger partial charge in [-0.2, -0.15) is 5.26 Å². The van der Waals surface area contributed by atoms with Crippen molar-refractivity contribution in [2.75, 3.05) is 6.61 Å². The highest BCUT2D eigenvalue weighted by atomic mass is 19.1. The molecule has 0 aromatic heterocycles. The molecule has 1 N–H and O–H groups in total. The molecular weight excluding hydrogens is 274 g/mol. The summed E-state index contributed by atoms with van der Waals surface area (Å²) in [5, 5.41) is 12.8. The minimum Gasteiger partial charge on any atom is -0.493 e. The fraction of sp³-hybridized carbons (Fsp3) is 0.562. The molecule has 0 amide bonds. The predicted octanol–water partition coefficient (Wildman–Crippen LogP) is 3.55. The van der Waals surface area contributed by atoms with E-state index in [1.807, 2.05) is 6.92 Å². The summed E-state index contributed by atoms with van der Waals surface area (Å²) in [4.78, 5) is 0. The van der Waals surface area contributed by atoms with Crippen LogP contribution in [-0.4, -0.2) is 18.2 Å². The molecule has 1 atom stereocenters. The number of rotatable bonds is 8. The third-order valence-electron chi connectivity index (χ3n) is 3.73. The number of nitrogens with zero attached hydrogens (tertiary/aromatic N) is 1. The van der Waals surface area contributed by atoms with Gasteiger partial charge in [0.05, 0.1) is 12.7 Å². The lowest BCUT2D eigenvalue weighted by Crippen LogP contribution is -2.44. The number of nitriles is 1. The van der Waals surface area contributed by atoms with Crippen molar-refractivity contribution in [3.63, 3.8) is 0 Å². The van der Waals surface area contributed by atoms with Crippen LogP contribution in [0.1, 0.15) is 39.0 Å². The first-order valence-electron chi connectivity index (χ1n) is 7.35. The average molecular weight is 294 g/mol. The first-order chi connectivity index (χ1) is 10.1. The van der Waals surface area contributed by atoms with Gasteiger partial charge >= 0.3 is 0 Å². The molecule has 1 fully saturated rings. The second kappa shape index (κ2) is 6.86. The maximum Gasteiger partial charge on any atom is 0.129 e. The predicted molar refractivity (Wildman–Crippen MR) is 75.9 cm³/mol. The van der Waals surface area contributed by atoms with Crippen LogP contribution in [-0.2, 0) is 0 Å². The van der Waals surface area contributed by atoms with E-state index in [0.29, 0.717) is 25.5 Å². The molecule has 21 heavy (non-hydrogen) atoms. The molecular formula is C16H20F2N2O. The first-order valence-corrected chi connectivity index (χ1v) is 7.35. The van der Waals surface area contributed by atoms with Crippen molar-refractivity contribution in [1.29, 1.82) is 5.26 Å². The summed E-state index contributed by atoms with van der Waals surface area (Å²) in [7, 11) is 0. The lowest BCUT2D eigenvalue weighted by molar-refractivity contribution is 0.273. The highest BCUT2D eigenvalue weighted by Gasteiger charge is 2.34. The normalized spacial score (nSPS) is 17.0. The number of hydrogen-bond acceptors (Lipinski definition) is 3. The van der Waals surface area contributed by atoms with E-state index < -0.39 is 17.2 Å². The Morgan fingerprint density at radius 1 is 1.33 bits per heavy atom. The fourth-order valence-corrected chi connectivity index (χ4v) is 2.31. The van der Waals surface area contributed by atoms with Gasteiger partial charge in [-0.25, -0.2) is 8.78 Å². The number of ether oxygens (including phenoxy) is 1. The summed E-state index contributed by atoms with van der Waals surface area (Å²) in [6.45, 7) is 2.32. The monoisotopic (exact) mass is 294 g/mol. The Balaban J connectivity index is 1.80. The van der Waals surface area contributed by atoms with Crippen LogP contribution in [0.3, 0.4) is 0 Å². The van der Waals surface area contributed by atoms with Gasteiger partial charge in [0.2, 0.25) is 0 Å². The topological polar surface area (TPSA) is 45.0 Å².